The van der Waals surface area contributed by atoms with Gasteiger partial charge >= 0.3 is 0 Å². The normalized spacial score (nSPS) is 19.0. The number of allylic oxidation sites excluding steroid dienone is 3. The van der Waals surface area contributed by atoms with Crippen molar-refractivity contribution in [3.8, 4) is 6.07 Å². The van der Waals surface area contributed by atoms with E-state index >= 15 is 0 Å². The first-order valence-electron chi connectivity index (χ1n) is 10.5. The predicted octanol–water partition coefficient (Wildman–Crippen LogP) is 5.87. The van der Waals surface area contributed by atoms with Gasteiger partial charge in [-0.05, 0) is 48.8 Å². The third-order valence-electron chi connectivity index (χ3n) is 5.72. The van der Waals surface area contributed by atoms with Crippen LogP contribution in [-0.2, 0) is 11.2 Å². The van der Waals surface area contributed by atoms with E-state index in [9.17, 15) is 14.4 Å². The quantitative estimate of drug-likeness (QED) is 0.574. The van der Waals surface area contributed by atoms with E-state index in [0.29, 0.717) is 30.4 Å². The fourth-order valence-electron chi connectivity index (χ4n) is 4.36. The minimum atomic E-state index is -0.499. The molecule has 0 radical (unpaired) electrons. The molecule has 2 aromatic rings. The zero-order valence-corrected chi connectivity index (χ0v) is 19.2. The van der Waals surface area contributed by atoms with Crippen molar-refractivity contribution in [1.82, 2.24) is 0 Å². The number of nitriles is 1. The van der Waals surface area contributed by atoms with Gasteiger partial charge in [-0.1, -0.05) is 26.0 Å². The number of nitrogens with zero attached hydrogens (tertiary/aromatic N) is 2. The molecule has 1 aromatic carbocycles. The van der Waals surface area contributed by atoms with Crippen LogP contribution in [0.2, 0.25) is 0 Å². The van der Waals surface area contributed by atoms with E-state index in [0.717, 1.165) is 27.6 Å². The number of ketones is 1. The summed E-state index contributed by atoms with van der Waals surface area (Å²) in [5.41, 5.74) is 9.43. The van der Waals surface area contributed by atoms with Gasteiger partial charge in [-0.3, -0.25) is 9.69 Å². The molecule has 2 N–H and O–H groups in total. The van der Waals surface area contributed by atoms with E-state index in [-0.39, 0.29) is 17.3 Å². The number of halogens is 1. The Morgan fingerprint density at radius 3 is 2.77 bits per heavy atom. The maximum atomic E-state index is 14.8. The summed E-state index contributed by atoms with van der Waals surface area (Å²) in [4.78, 5) is 16.0. The van der Waals surface area contributed by atoms with Crippen molar-refractivity contribution in [2.75, 3.05) is 10.7 Å². The fourth-order valence-corrected chi connectivity index (χ4v) is 6.74. The van der Waals surface area contributed by atoms with E-state index in [1.165, 1.54) is 10.9 Å². The number of aryl methyl sites for hydroxylation is 1. The average Bonchev–Trinajstić information content (AvgIpc) is 3.17. The van der Waals surface area contributed by atoms with Gasteiger partial charge in [0, 0.05) is 22.6 Å². The number of hydrogen-bond donors (Lipinski definition) is 1. The molecule has 2 heterocycles. The molecule has 4 rings (SSSR count). The zero-order chi connectivity index (χ0) is 22.1. The monoisotopic (exact) mass is 453 g/mol. The van der Waals surface area contributed by atoms with Crippen LogP contribution in [0.3, 0.4) is 0 Å². The second kappa shape index (κ2) is 8.89. The SMILES string of the molecule is CCSc1sc(CC)cc1[C@H]1C(C#N)=C(N)N(c2ccccc2F)C2=C1C(=O)CCC2. The van der Waals surface area contributed by atoms with Crippen LogP contribution in [0.1, 0.15) is 49.5 Å². The number of hydrogen-bond acceptors (Lipinski definition) is 6. The van der Waals surface area contributed by atoms with Crippen molar-refractivity contribution in [2.24, 2.45) is 5.73 Å². The summed E-state index contributed by atoms with van der Waals surface area (Å²) >= 11 is 3.44. The molecule has 2 aliphatic rings. The molecule has 0 saturated heterocycles. The Bertz CT molecular complexity index is 1140. The molecule has 1 aliphatic heterocycles. The number of Topliss-reactive ketones (excluding diaryl/α,β-unsaturated/α-hetero) is 1. The van der Waals surface area contributed by atoms with E-state index in [2.05, 4.69) is 26.0 Å². The largest absolute Gasteiger partial charge is 0.384 e. The standard InChI is InChI=1S/C24H24FN3OS2/c1-3-14-12-15(24(31-14)30-4-2)21-16(13-26)23(27)28(18-9-6-5-8-17(18)25)19-10-7-11-20(29)22(19)21/h5-6,8-9,12,21H,3-4,7,10-11,27H2,1-2H3/t21-/m0/s1. The molecule has 0 fully saturated rings. The first-order valence-corrected chi connectivity index (χ1v) is 12.3. The van der Waals surface area contributed by atoms with E-state index in [4.69, 9.17) is 5.73 Å². The molecule has 0 spiro atoms. The smallest absolute Gasteiger partial charge is 0.161 e. The van der Waals surface area contributed by atoms with Crippen LogP contribution in [0.4, 0.5) is 10.1 Å². The van der Waals surface area contributed by atoms with Crippen molar-refractivity contribution in [3.05, 3.63) is 69.3 Å². The highest BCUT2D eigenvalue weighted by Crippen LogP contribution is 2.50. The van der Waals surface area contributed by atoms with Crippen LogP contribution >= 0.6 is 23.1 Å². The number of rotatable bonds is 5. The van der Waals surface area contributed by atoms with Gasteiger partial charge in [0.05, 0.1) is 27.5 Å². The summed E-state index contributed by atoms with van der Waals surface area (Å²) in [6.45, 7) is 4.19. The van der Waals surface area contributed by atoms with Gasteiger partial charge in [-0.25, -0.2) is 4.39 Å². The minimum Gasteiger partial charge on any atom is -0.384 e. The summed E-state index contributed by atoms with van der Waals surface area (Å²) in [6.07, 6.45) is 2.62. The van der Waals surface area contributed by atoms with Crippen molar-refractivity contribution in [2.45, 2.75) is 49.7 Å². The van der Waals surface area contributed by atoms with Crippen molar-refractivity contribution in [1.29, 1.82) is 5.26 Å². The molecule has 0 saturated carbocycles. The third-order valence-corrected chi connectivity index (χ3v) is 8.20. The highest BCUT2D eigenvalue weighted by Gasteiger charge is 2.42. The molecule has 0 amide bonds. The average molecular weight is 454 g/mol. The van der Waals surface area contributed by atoms with Gasteiger partial charge in [0.25, 0.3) is 0 Å². The number of anilines is 1. The number of carbonyl (C=O) groups is 1. The van der Waals surface area contributed by atoms with Crippen LogP contribution in [0.15, 0.2) is 57.2 Å². The lowest BCUT2D eigenvalue weighted by atomic mass is 9.76. The number of thioether (sulfide) groups is 1. The van der Waals surface area contributed by atoms with Gasteiger partial charge in [0.1, 0.15) is 11.6 Å². The first kappa shape index (κ1) is 21.7. The highest BCUT2D eigenvalue weighted by atomic mass is 32.2. The molecule has 160 valence electrons. The summed E-state index contributed by atoms with van der Waals surface area (Å²) in [6, 6.07) is 10.7. The Morgan fingerprint density at radius 2 is 2.10 bits per heavy atom. The van der Waals surface area contributed by atoms with Gasteiger partial charge in [0.2, 0.25) is 0 Å². The van der Waals surface area contributed by atoms with Gasteiger partial charge < -0.3 is 5.73 Å². The Balaban J connectivity index is 1.99. The molecule has 1 atom stereocenters. The Labute approximate surface area is 190 Å². The predicted molar refractivity (Wildman–Crippen MR) is 124 cm³/mol. The maximum absolute atomic E-state index is 14.8. The number of nitrogens with two attached hydrogens (primary N) is 1. The third kappa shape index (κ3) is 3.68. The van der Waals surface area contributed by atoms with Crippen LogP contribution < -0.4 is 10.6 Å². The Hall–Kier alpha value is -2.56. The lowest BCUT2D eigenvalue weighted by molar-refractivity contribution is -0.116. The van der Waals surface area contributed by atoms with E-state index < -0.39 is 11.7 Å². The molecular formula is C24H24FN3OS2. The number of carbonyl (C=O) groups excluding carboxylic acids is 1. The zero-order valence-electron chi connectivity index (χ0n) is 17.6. The van der Waals surface area contributed by atoms with Crippen molar-refractivity contribution >= 4 is 34.6 Å². The molecule has 1 aliphatic carbocycles. The lowest BCUT2D eigenvalue weighted by Gasteiger charge is -2.39. The summed E-state index contributed by atoms with van der Waals surface area (Å²) in [7, 11) is 0. The molecule has 7 heteroatoms. The van der Waals surface area contributed by atoms with Crippen LogP contribution in [0.5, 0.6) is 0 Å². The summed E-state index contributed by atoms with van der Waals surface area (Å²) in [5.74, 6) is 0.192. The number of para-hydroxylation sites is 1. The molecule has 0 unspecified atom stereocenters. The van der Waals surface area contributed by atoms with Crippen LogP contribution in [0, 0.1) is 17.1 Å². The molecular weight excluding hydrogens is 429 g/mol. The highest BCUT2D eigenvalue weighted by molar-refractivity contribution is 8.01. The second-order valence-electron chi connectivity index (χ2n) is 7.51. The van der Waals surface area contributed by atoms with Crippen LogP contribution in [0.25, 0.3) is 0 Å². The number of benzene rings is 1. The lowest BCUT2D eigenvalue weighted by Crippen LogP contribution is -2.39. The van der Waals surface area contributed by atoms with Gasteiger partial charge in [-0.2, -0.15) is 5.26 Å². The van der Waals surface area contributed by atoms with Crippen molar-refractivity contribution in [3.63, 3.8) is 0 Å². The fraction of sp³-hybridized carbons (Fsp3) is 0.333. The summed E-state index contributed by atoms with van der Waals surface area (Å²) in [5, 5.41) is 10.1. The molecule has 0 bridgehead atoms. The molecule has 1 aromatic heterocycles. The van der Waals surface area contributed by atoms with Gasteiger partial charge in [-0.15, -0.1) is 23.1 Å². The minimum absolute atomic E-state index is 0.0181. The Morgan fingerprint density at radius 1 is 1.32 bits per heavy atom. The maximum Gasteiger partial charge on any atom is 0.161 e. The Kier molecular flexibility index (Phi) is 6.22. The number of thiophene rings is 1. The molecule has 31 heavy (non-hydrogen) atoms. The topological polar surface area (TPSA) is 70.1 Å². The summed E-state index contributed by atoms with van der Waals surface area (Å²) < 4.78 is 15.9. The first-order chi connectivity index (χ1) is 15.0. The van der Waals surface area contributed by atoms with Crippen LogP contribution in [-0.4, -0.2) is 11.5 Å². The van der Waals surface area contributed by atoms with E-state index in [1.54, 1.807) is 46.2 Å². The second-order valence-corrected chi connectivity index (χ2v) is 10.2. The van der Waals surface area contributed by atoms with Crippen molar-refractivity contribution < 1.29 is 9.18 Å². The van der Waals surface area contributed by atoms with E-state index in [1.807, 2.05) is 0 Å². The molecule has 4 nitrogen and oxygen atoms in total. The van der Waals surface area contributed by atoms with Gasteiger partial charge in [0.15, 0.2) is 5.78 Å².